The number of benzene rings is 2. The van der Waals surface area contributed by atoms with Gasteiger partial charge in [-0.05, 0) is 35.7 Å². The van der Waals surface area contributed by atoms with Crippen LogP contribution in [0.5, 0.6) is 0 Å². The first-order valence-corrected chi connectivity index (χ1v) is 8.42. The molecule has 2 aromatic carbocycles. The molecule has 2 amide bonds. The van der Waals surface area contributed by atoms with E-state index in [0.717, 1.165) is 12.0 Å². The van der Waals surface area contributed by atoms with Gasteiger partial charge in [0.25, 0.3) is 5.91 Å². The summed E-state index contributed by atoms with van der Waals surface area (Å²) in [7, 11) is 0. The van der Waals surface area contributed by atoms with Crippen LogP contribution in [0.1, 0.15) is 28.4 Å². The number of rotatable bonds is 4. The van der Waals surface area contributed by atoms with Crippen molar-refractivity contribution in [1.29, 1.82) is 0 Å². The van der Waals surface area contributed by atoms with E-state index in [1.807, 2.05) is 18.2 Å². The number of esters is 1. The average molecular weight is 352 g/mol. The molecule has 0 saturated heterocycles. The summed E-state index contributed by atoms with van der Waals surface area (Å²) in [5.41, 5.74) is 3.17. The summed E-state index contributed by atoms with van der Waals surface area (Å²) in [6.45, 7) is 2.24. The number of hydrogen-bond donors (Lipinski definition) is 1. The minimum Gasteiger partial charge on any atom is -0.452 e. The SMILES string of the molecule is CC(=O)Nc1cccc(C(=O)OCC(=O)N2CCc3ccccc3C2)c1. The molecule has 6 heteroatoms. The molecule has 1 aliphatic heterocycles. The molecule has 1 heterocycles. The fraction of sp³-hybridized carbons (Fsp3) is 0.250. The number of nitrogens with zero attached hydrogens (tertiary/aromatic N) is 1. The second kappa shape index (κ2) is 7.82. The van der Waals surface area contributed by atoms with E-state index in [0.29, 0.717) is 18.8 Å². The number of hydrogen-bond acceptors (Lipinski definition) is 4. The number of fused-ring (bicyclic) bond motifs is 1. The fourth-order valence-corrected chi connectivity index (χ4v) is 2.94. The van der Waals surface area contributed by atoms with Crippen molar-refractivity contribution < 1.29 is 19.1 Å². The van der Waals surface area contributed by atoms with Crippen LogP contribution in [-0.2, 0) is 27.3 Å². The summed E-state index contributed by atoms with van der Waals surface area (Å²) in [4.78, 5) is 37.3. The van der Waals surface area contributed by atoms with Crippen LogP contribution >= 0.6 is 0 Å². The standard InChI is InChI=1S/C20H20N2O4/c1-14(23)21-18-8-4-7-16(11-18)20(25)26-13-19(24)22-10-9-15-5-2-3-6-17(15)12-22/h2-8,11H,9-10,12-13H2,1H3,(H,21,23). The first-order chi connectivity index (χ1) is 12.5. The van der Waals surface area contributed by atoms with Gasteiger partial charge in [-0.2, -0.15) is 0 Å². The van der Waals surface area contributed by atoms with E-state index in [-0.39, 0.29) is 24.0 Å². The van der Waals surface area contributed by atoms with Crippen molar-refractivity contribution in [3.8, 4) is 0 Å². The number of carbonyl (C=O) groups excluding carboxylic acids is 3. The lowest BCUT2D eigenvalue weighted by molar-refractivity contribution is -0.135. The summed E-state index contributed by atoms with van der Waals surface area (Å²) >= 11 is 0. The van der Waals surface area contributed by atoms with Crippen molar-refractivity contribution in [2.75, 3.05) is 18.5 Å². The van der Waals surface area contributed by atoms with E-state index in [9.17, 15) is 14.4 Å². The summed E-state index contributed by atoms with van der Waals surface area (Å²) in [6, 6.07) is 14.4. The monoisotopic (exact) mass is 352 g/mol. The maximum absolute atomic E-state index is 12.3. The Morgan fingerprint density at radius 1 is 1.08 bits per heavy atom. The van der Waals surface area contributed by atoms with Crippen molar-refractivity contribution in [2.24, 2.45) is 0 Å². The van der Waals surface area contributed by atoms with Gasteiger partial charge in [0, 0.05) is 25.7 Å². The molecule has 6 nitrogen and oxygen atoms in total. The zero-order chi connectivity index (χ0) is 18.5. The molecule has 0 unspecified atom stereocenters. The van der Waals surface area contributed by atoms with E-state index in [1.165, 1.54) is 18.6 Å². The molecule has 1 aliphatic rings. The number of amides is 2. The zero-order valence-electron chi connectivity index (χ0n) is 14.5. The van der Waals surface area contributed by atoms with Crippen LogP contribution in [0.3, 0.4) is 0 Å². The Bertz CT molecular complexity index is 847. The van der Waals surface area contributed by atoms with Crippen LogP contribution in [0.2, 0.25) is 0 Å². The first kappa shape index (κ1) is 17.7. The highest BCUT2D eigenvalue weighted by atomic mass is 16.5. The molecular formula is C20H20N2O4. The third-order valence-corrected chi connectivity index (χ3v) is 4.23. The zero-order valence-corrected chi connectivity index (χ0v) is 14.5. The van der Waals surface area contributed by atoms with Gasteiger partial charge in [-0.3, -0.25) is 9.59 Å². The summed E-state index contributed by atoms with van der Waals surface area (Å²) < 4.78 is 5.15. The lowest BCUT2D eigenvalue weighted by Gasteiger charge is -2.28. The molecule has 3 rings (SSSR count). The minimum absolute atomic E-state index is 0.217. The van der Waals surface area contributed by atoms with Crippen molar-refractivity contribution >= 4 is 23.5 Å². The van der Waals surface area contributed by atoms with E-state index in [2.05, 4.69) is 11.4 Å². The molecular weight excluding hydrogens is 332 g/mol. The maximum atomic E-state index is 12.3. The number of nitrogens with one attached hydrogen (secondary N) is 1. The highest BCUT2D eigenvalue weighted by molar-refractivity contribution is 5.94. The van der Waals surface area contributed by atoms with Gasteiger partial charge in [-0.1, -0.05) is 30.3 Å². The molecule has 0 aliphatic carbocycles. The normalized spacial score (nSPS) is 12.9. The largest absolute Gasteiger partial charge is 0.452 e. The van der Waals surface area contributed by atoms with Crippen molar-refractivity contribution in [1.82, 2.24) is 4.90 Å². The van der Waals surface area contributed by atoms with Crippen LogP contribution < -0.4 is 5.32 Å². The minimum atomic E-state index is -0.594. The molecule has 134 valence electrons. The molecule has 0 aromatic heterocycles. The molecule has 0 saturated carbocycles. The smallest absolute Gasteiger partial charge is 0.338 e. The Hall–Kier alpha value is -3.15. The first-order valence-electron chi connectivity index (χ1n) is 8.42. The molecule has 1 N–H and O–H groups in total. The lowest BCUT2D eigenvalue weighted by Crippen LogP contribution is -2.38. The van der Waals surface area contributed by atoms with Gasteiger partial charge in [0.05, 0.1) is 5.56 Å². The molecule has 0 bridgehead atoms. The van der Waals surface area contributed by atoms with Gasteiger partial charge in [0.15, 0.2) is 6.61 Å². The quantitative estimate of drug-likeness (QED) is 0.858. The third-order valence-electron chi connectivity index (χ3n) is 4.23. The summed E-state index contributed by atoms with van der Waals surface area (Å²) in [5, 5.41) is 2.60. The highest BCUT2D eigenvalue weighted by Crippen LogP contribution is 2.18. The van der Waals surface area contributed by atoms with Crippen LogP contribution in [0.25, 0.3) is 0 Å². The Labute approximate surface area is 151 Å². The van der Waals surface area contributed by atoms with Crippen LogP contribution in [0, 0.1) is 0 Å². The fourth-order valence-electron chi connectivity index (χ4n) is 2.94. The van der Waals surface area contributed by atoms with Crippen LogP contribution in [0.15, 0.2) is 48.5 Å². The van der Waals surface area contributed by atoms with Crippen molar-refractivity contribution in [3.05, 3.63) is 65.2 Å². The Morgan fingerprint density at radius 2 is 1.85 bits per heavy atom. The summed E-state index contributed by atoms with van der Waals surface area (Å²) in [5.74, 6) is -1.04. The highest BCUT2D eigenvalue weighted by Gasteiger charge is 2.21. The number of ether oxygens (including phenoxy) is 1. The molecule has 0 atom stereocenters. The number of anilines is 1. The second-order valence-corrected chi connectivity index (χ2v) is 6.17. The third kappa shape index (κ3) is 4.27. The van der Waals surface area contributed by atoms with E-state index >= 15 is 0 Å². The Morgan fingerprint density at radius 3 is 2.62 bits per heavy atom. The van der Waals surface area contributed by atoms with Gasteiger partial charge < -0.3 is 15.0 Å². The molecule has 0 spiro atoms. The number of carbonyl (C=O) groups is 3. The van der Waals surface area contributed by atoms with Crippen molar-refractivity contribution in [2.45, 2.75) is 19.9 Å². The van der Waals surface area contributed by atoms with Gasteiger partial charge >= 0.3 is 5.97 Å². The van der Waals surface area contributed by atoms with Crippen molar-refractivity contribution in [3.63, 3.8) is 0 Å². The molecule has 0 fully saturated rings. The molecule has 26 heavy (non-hydrogen) atoms. The van der Waals surface area contributed by atoms with Gasteiger partial charge in [0.2, 0.25) is 5.91 Å². The van der Waals surface area contributed by atoms with E-state index in [1.54, 1.807) is 23.1 Å². The topological polar surface area (TPSA) is 75.7 Å². The van der Waals surface area contributed by atoms with Gasteiger partial charge in [0.1, 0.15) is 0 Å². The molecule has 0 radical (unpaired) electrons. The van der Waals surface area contributed by atoms with Gasteiger partial charge in [-0.15, -0.1) is 0 Å². The van der Waals surface area contributed by atoms with Crippen LogP contribution in [-0.4, -0.2) is 35.8 Å². The average Bonchev–Trinajstić information content (AvgIpc) is 2.65. The molecule has 2 aromatic rings. The second-order valence-electron chi connectivity index (χ2n) is 6.17. The Balaban J connectivity index is 1.56. The predicted octanol–water partition coefficient (Wildman–Crippen LogP) is 2.39. The Kier molecular flexibility index (Phi) is 5.31. The van der Waals surface area contributed by atoms with E-state index < -0.39 is 5.97 Å². The summed E-state index contributed by atoms with van der Waals surface area (Å²) in [6.07, 6.45) is 0.800. The van der Waals surface area contributed by atoms with E-state index in [4.69, 9.17) is 4.74 Å². The van der Waals surface area contributed by atoms with Gasteiger partial charge in [-0.25, -0.2) is 4.79 Å². The predicted molar refractivity (Wildman–Crippen MR) is 96.6 cm³/mol. The van der Waals surface area contributed by atoms with Crippen LogP contribution in [0.4, 0.5) is 5.69 Å². The maximum Gasteiger partial charge on any atom is 0.338 e. The lowest BCUT2D eigenvalue weighted by atomic mass is 10.00.